The Balaban J connectivity index is 0.615. The summed E-state index contributed by atoms with van der Waals surface area (Å²) >= 11 is 7.84. The molecule has 0 radical (unpaired) electrons. The number of hydrogen-bond donors (Lipinski definition) is 3. The van der Waals surface area contributed by atoms with Crippen molar-refractivity contribution in [2.75, 3.05) is 134 Å². The summed E-state index contributed by atoms with van der Waals surface area (Å²) in [5.74, 6) is 5.42. The molecule has 0 aromatic heterocycles. The number of imide groups is 1. The number of piperidine rings is 2. The van der Waals surface area contributed by atoms with E-state index >= 15 is 0 Å². The van der Waals surface area contributed by atoms with Gasteiger partial charge in [-0.05, 0) is 172 Å². The van der Waals surface area contributed by atoms with E-state index < -0.39 is 64.7 Å². The lowest BCUT2D eigenvalue weighted by Gasteiger charge is -2.44. The van der Waals surface area contributed by atoms with E-state index in [1.165, 1.54) is 35.0 Å². The van der Waals surface area contributed by atoms with Crippen molar-refractivity contribution in [3.05, 3.63) is 154 Å². The number of rotatable bonds is 21. The molecule has 6 heterocycles. The number of amides is 5. The molecule has 5 aromatic carbocycles. The van der Waals surface area contributed by atoms with Crippen molar-refractivity contribution in [2.24, 2.45) is 11.3 Å². The molecule has 1 unspecified atom stereocenters. The number of anilines is 2. The molecule has 0 spiro atoms. The lowest BCUT2D eigenvalue weighted by Crippen LogP contribution is -2.53. The first-order chi connectivity index (χ1) is 48.4. The van der Waals surface area contributed by atoms with Gasteiger partial charge >= 0.3 is 5.51 Å². The number of alkyl halides is 3. The summed E-state index contributed by atoms with van der Waals surface area (Å²) in [6, 6.07) is 30.6. The second-order valence-corrected chi connectivity index (χ2v) is 32.9. The average Bonchev–Trinajstić information content (AvgIpc) is 1.39. The number of thioether (sulfide) groups is 1. The Kier molecular flexibility index (Phi) is 23.4. The highest BCUT2D eigenvalue weighted by Crippen LogP contribution is 2.45. The van der Waals surface area contributed by atoms with Crippen LogP contribution < -0.4 is 20.3 Å². The normalized spacial score (nSPS) is 21.5. The van der Waals surface area contributed by atoms with Gasteiger partial charge in [0.25, 0.3) is 31.7 Å². The molecule has 0 saturated carbocycles. The van der Waals surface area contributed by atoms with Gasteiger partial charge in [0.1, 0.15) is 10.9 Å². The summed E-state index contributed by atoms with van der Waals surface area (Å²) in [6.45, 7) is 15.2. The maximum absolute atomic E-state index is 14.4. The molecule has 1 aliphatic carbocycles. The molecule has 0 bridgehead atoms. The number of likely N-dealkylation sites (tertiary alicyclic amines) is 1. The van der Waals surface area contributed by atoms with E-state index in [9.17, 15) is 54.0 Å². The van der Waals surface area contributed by atoms with Crippen molar-refractivity contribution in [1.82, 2.24) is 39.4 Å². The van der Waals surface area contributed by atoms with Gasteiger partial charge < -0.3 is 29.7 Å². The summed E-state index contributed by atoms with van der Waals surface area (Å²) in [5.41, 5.74) is 0.671. The zero-order valence-corrected chi connectivity index (χ0v) is 59.9. The van der Waals surface area contributed by atoms with Gasteiger partial charge in [0, 0.05) is 155 Å². The largest absolute Gasteiger partial charge is 0.501 e. The Bertz CT molecular complexity index is 4190. The van der Waals surface area contributed by atoms with Gasteiger partial charge in [-0.3, -0.25) is 44.0 Å². The van der Waals surface area contributed by atoms with Gasteiger partial charge in [-0.25, -0.2) is 21.6 Å². The lowest BCUT2D eigenvalue weighted by atomic mass is 9.71. The number of piperazine rings is 2. The molecule has 101 heavy (non-hydrogen) atoms. The number of carbonyl (C=O) groups excluding carboxylic acids is 5. The van der Waals surface area contributed by atoms with E-state index in [0.717, 1.165) is 137 Å². The van der Waals surface area contributed by atoms with E-state index in [1.807, 2.05) is 64.2 Å². The summed E-state index contributed by atoms with van der Waals surface area (Å²) in [7, 11) is -11.0. The number of fused-ring (bicyclic) bond motifs is 1. The number of ether oxygens (including phenoxy) is 1. The van der Waals surface area contributed by atoms with Gasteiger partial charge in [0.15, 0.2) is 0 Å². The maximum atomic E-state index is 14.4. The van der Waals surface area contributed by atoms with Crippen molar-refractivity contribution in [3.8, 4) is 11.8 Å². The molecule has 3 atom stereocenters. The Morgan fingerprint density at radius 1 is 0.782 bits per heavy atom. The number of carbonyl (C=O) groups is 5. The van der Waals surface area contributed by atoms with Gasteiger partial charge in [-0.1, -0.05) is 66.3 Å². The molecular formula is C74H86ClF3N10O10S3. The molecular weight excluding hydrogens is 1380 g/mol. The van der Waals surface area contributed by atoms with E-state index in [1.54, 1.807) is 23.1 Å². The number of hydrogen-bond acceptors (Lipinski definition) is 17. The average molecular weight is 1460 g/mol. The fraction of sp³-hybridized carbons (Fsp3) is 0.473. The number of sulfone groups is 1. The van der Waals surface area contributed by atoms with Crippen molar-refractivity contribution in [1.29, 1.82) is 0 Å². The van der Waals surface area contributed by atoms with Crippen LogP contribution in [-0.4, -0.2) is 217 Å². The first-order valence-corrected chi connectivity index (χ1v) is 39.1. The van der Waals surface area contributed by atoms with Crippen LogP contribution in [0.5, 0.6) is 0 Å². The number of sulfonamides is 1. The standard InChI is InChI=1S/C74H86ClF3N10O10S3/c1-73(51-85-35-39-87(40-36-85)69(90)49-83-30-25-52(26-31-83)8-9-53-10-20-64-56(44-53)48-88(72(64)93)66-22-23-68(89)80-71(66)92)28-24-63(54-11-15-58(75)16-12-54)57(46-73)47-84-33-37-86(38-34-84)60-17-13-55(14-18-60)70(91)81-101(96,97)62-19-21-65(67(45-62)100(94,95)74(76,77)78)79-59(50-99-61-6-3-2-4-7-61)27-32-82-29-5-42-98-43-41-82/h2-4,6-7,10-21,44-45,52,59,66,79H,5,22-43,46-51H2,1H3,(H,81,91)(H,80,89,92)/t59-,66?,73-/m1/s1. The van der Waals surface area contributed by atoms with Crippen LogP contribution in [0, 0.1) is 23.2 Å². The van der Waals surface area contributed by atoms with Crippen molar-refractivity contribution in [2.45, 2.75) is 104 Å². The van der Waals surface area contributed by atoms with E-state index in [0.29, 0.717) is 101 Å². The second kappa shape index (κ2) is 32.1. The zero-order valence-electron chi connectivity index (χ0n) is 56.7. The molecule has 27 heteroatoms. The fourth-order valence-electron chi connectivity index (χ4n) is 14.8. The molecule has 7 aliphatic rings. The van der Waals surface area contributed by atoms with Crippen LogP contribution in [0.15, 0.2) is 136 Å². The SMILES string of the molecule is C[C@@]1(CN2CCN(C(=O)CN3CCC(C#Cc4ccc5c(c4)CN(C4CCC(=O)NC4=O)C5=O)CC3)CC2)CCC(c2ccc(Cl)cc2)=C(CN2CCN(c3ccc(C(=O)NS(=O)(=O)c4ccc(N[C@H](CCN5CCCOCC5)CSc5ccccc5)c(S(=O)(=O)C(F)(F)F)c4)cc3)CC2)C1. The first kappa shape index (κ1) is 73.4. The summed E-state index contributed by atoms with van der Waals surface area (Å²) in [6.07, 6.45) is 6.27. The van der Waals surface area contributed by atoms with Gasteiger partial charge in [-0.15, -0.1) is 11.8 Å². The predicted octanol–water partition coefficient (Wildman–Crippen LogP) is 8.87. The highest BCUT2D eigenvalue weighted by atomic mass is 35.5. The molecule has 20 nitrogen and oxygen atoms in total. The fourth-order valence-corrected chi connectivity index (χ4v) is 17.9. The predicted molar refractivity (Wildman–Crippen MR) is 382 cm³/mol. The molecule has 5 amide bonds. The minimum atomic E-state index is -6.11. The number of benzene rings is 5. The van der Waals surface area contributed by atoms with Crippen LogP contribution in [0.3, 0.4) is 0 Å². The minimum Gasteiger partial charge on any atom is -0.380 e. The second-order valence-electron chi connectivity index (χ2n) is 27.7. The smallest absolute Gasteiger partial charge is 0.380 e. The Morgan fingerprint density at radius 3 is 2.24 bits per heavy atom. The third-order valence-electron chi connectivity index (χ3n) is 20.5. The molecule has 6 aliphatic heterocycles. The molecule has 5 fully saturated rings. The molecule has 5 aromatic rings. The number of nitrogens with zero attached hydrogens (tertiary/aromatic N) is 7. The van der Waals surface area contributed by atoms with Crippen molar-refractivity contribution in [3.63, 3.8) is 0 Å². The van der Waals surface area contributed by atoms with Crippen LogP contribution in [0.25, 0.3) is 5.57 Å². The van der Waals surface area contributed by atoms with Crippen molar-refractivity contribution < 1.29 is 58.7 Å². The Labute approximate surface area is 598 Å². The number of nitrogens with one attached hydrogen (secondary N) is 3. The van der Waals surface area contributed by atoms with E-state index in [-0.39, 0.29) is 41.0 Å². The van der Waals surface area contributed by atoms with Crippen LogP contribution >= 0.6 is 23.4 Å². The van der Waals surface area contributed by atoms with Crippen LogP contribution in [0.2, 0.25) is 5.02 Å². The monoisotopic (exact) mass is 1460 g/mol. The van der Waals surface area contributed by atoms with E-state index in [4.69, 9.17) is 16.3 Å². The third-order valence-corrected chi connectivity index (χ3v) is 24.8. The highest BCUT2D eigenvalue weighted by molar-refractivity contribution is 7.99. The third kappa shape index (κ3) is 18.4. The van der Waals surface area contributed by atoms with E-state index in [2.05, 4.69) is 66.0 Å². The first-order valence-electron chi connectivity index (χ1n) is 34.8. The maximum Gasteiger partial charge on any atom is 0.501 e. The van der Waals surface area contributed by atoms with Crippen LogP contribution in [0.4, 0.5) is 24.5 Å². The Morgan fingerprint density at radius 2 is 1.51 bits per heavy atom. The topological polar surface area (TPSA) is 222 Å². The highest BCUT2D eigenvalue weighted by Gasteiger charge is 2.49. The lowest BCUT2D eigenvalue weighted by molar-refractivity contribution is -0.137. The molecule has 5 saturated heterocycles. The molecule has 3 N–H and O–H groups in total. The van der Waals surface area contributed by atoms with Crippen LogP contribution in [-0.2, 0) is 45.5 Å². The number of halogens is 4. The van der Waals surface area contributed by atoms with Crippen LogP contribution in [0.1, 0.15) is 102 Å². The zero-order chi connectivity index (χ0) is 71.1. The summed E-state index contributed by atoms with van der Waals surface area (Å²) in [5, 5.41) is 6.04. The molecule has 12 rings (SSSR count). The van der Waals surface area contributed by atoms with Gasteiger partial charge in [-0.2, -0.15) is 13.2 Å². The quantitative estimate of drug-likeness (QED) is 0.0355. The molecule has 538 valence electrons. The van der Waals surface area contributed by atoms with Gasteiger partial charge in [0.05, 0.1) is 23.7 Å². The number of allylic oxidation sites excluding steroid dienone is 1. The Hall–Kier alpha value is -7.32. The minimum absolute atomic E-state index is 0.00756. The summed E-state index contributed by atoms with van der Waals surface area (Å²) < 4.78 is 105. The van der Waals surface area contributed by atoms with Gasteiger partial charge in [0.2, 0.25) is 17.7 Å². The summed E-state index contributed by atoms with van der Waals surface area (Å²) in [4.78, 5) is 78.7. The van der Waals surface area contributed by atoms with Crippen molar-refractivity contribution >= 4 is 89.7 Å².